The van der Waals surface area contributed by atoms with Gasteiger partial charge in [0.25, 0.3) is 0 Å². The predicted molar refractivity (Wildman–Crippen MR) is 85.6 cm³/mol. The van der Waals surface area contributed by atoms with E-state index in [2.05, 4.69) is 66.5 Å². The minimum atomic E-state index is 0.736. The summed E-state index contributed by atoms with van der Waals surface area (Å²) >= 11 is 0. The van der Waals surface area contributed by atoms with Crippen molar-refractivity contribution in [1.29, 1.82) is 0 Å². The number of piperidine rings is 1. The molecule has 0 unspecified atom stereocenters. The molecule has 1 heteroatoms. The molecule has 0 aromatic heterocycles. The molecule has 1 saturated heterocycles. The van der Waals surface area contributed by atoms with Gasteiger partial charge >= 0.3 is 0 Å². The summed E-state index contributed by atoms with van der Waals surface area (Å²) in [4.78, 5) is 2.53. The Morgan fingerprint density at radius 1 is 1.00 bits per heavy atom. The van der Waals surface area contributed by atoms with Gasteiger partial charge < -0.3 is 4.90 Å². The SMILES string of the molecule is CC1=CC=C(N2CCC(c3ccccc3)CC2)C=CC1. The molecule has 3 rings (SSSR count). The van der Waals surface area contributed by atoms with Crippen LogP contribution in [0, 0.1) is 0 Å². The number of hydrogen-bond donors (Lipinski definition) is 0. The van der Waals surface area contributed by atoms with Crippen LogP contribution in [0.1, 0.15) is 37.7 Å². The third kappa shape index (κ3) is 3.04. The first kappa shape index (κ1) is 13.2. The number of rotatable bonds is 2. The zero-order valence-corrected chi connectivity index (χ0v) is 12.3. The van der Waals surface area contributed by atoms with Gasteiger partial charge in [0.2, 0.25) is 0 Å². The Labute approximate surface area is 122 Å². The fourth-order valence-electron chi connectivity index (χ4n) is 3.12. The molecule has 0 atom stereocenters. The molecule has 1 fully saturated rings. The van der Waals surface area contributed by atoms with Crippen LogP contribution in [0.2, 0.25) is 0 Å². The van der Waals surface area contributed by atoms with Crippen LogP contribution in [0.5, 0.6) is 0 Å². The van der Waals surface area contributed by atoms with Gasteiger partial charge in [0.15, 0.2) is 0 Å². The summed E-state index contributed by atoms with van der Waals surface area (Å²) in [6.07, 6.45) is 12.7. The van der Waals surface area contributed by atoms with Crippen LogP contribution >= 0.6 is 0 Å². The summed E-state index contributed by atoms with van der Waals surface area (Å²) in [5.74, 6) is 0.736. The smallest absolute Gasteiger partial charge is 0.0363 e. The molecule has 1 nitrogen and oxygen atoms in total. The lowest BCUT2D eigenvalue weighted by molar-refractivity contribution is 0.270. The fraction of sp³-hybridized carbons (Fsp3) is 0.368. The van der Waals surface area contributed by atoms with Crippen LogP contribution in [-0.4, -0.2) is 18.0 Å². The Morgan fingerprint density at radius 3 is 2.50 bits per heavy atom. The van der Waals surface area contributed by atoms with E-state index in [1.54, 1.807) is 0 Å². The molecule has 20 heavy (non-hydrogen) atoms. The van der Waals surface area contributed by atoms with Crippen LogP contribution in [-0.2, 0) is 0 Å². The normalized spacial score (nSPS) is 20.4. The summed E-state index contributed by atoms with van der Waals surface area (Å²) in [5, 5.41) is 0. The Kier molecular flexibility index (Phi) is 4.05. The molecule has 0 saturated carbocycles. The highest BCUT2D eigenvalue weighted by molar-refractivity contribution is 5.30. The van der Waals surface area contributed by atoms with E-state index in [-0.39, 0.29) is 0 Å². The zero-order chi connectivity index (χ0) is 13.8. The number of nitrogens with zero attached hydrogens (tertiary/aromatic N) is 1. The highest BCUT2D eigenvalue weighted by Gasteiger charge is 2.20. The molecule has 104 valence electrons. The van der Waals surface area contributed by atoms with Crippen molar-refractivity contribution in [3.05, 3.63) is 71.5 Å². The van der Waals surface area contributed by atoms with E-state index in [0.717, 1.165) is 12.3 Å². The fourth-order valence-corrected chi connectivity index (χ4v) is 3.12. The molecule has 0 spiro atoms. The van der Waals surface area contributed by atoms with E-state index in [1.807, 2.05) is 0 Å². The van der Waals surface area contributed by atoms with Gasteiger partial charge in [-0.15, -0.1) is 0 Å². The van der Waals surface area contributed by atoms with Gasteiger partial charge in [0, 0.05) is 18.8 Å². The van der Waals surface area contributed by atoms with Crippen molar-refractivity contribution in [3.63, 3.8) is 0 Å². The average Bonchev–Trinajstić information content (AvgIpc) is 2.73. The summed E-state index contributed by atoms with van der Waals surface area (Å²) in [6, 6.07) is 11.0. The number of hydrogen-bond acceptors (Lipinski definition) is 1. The second-order valence-electron chi connectivity index (χ2n) is 5.88. The van der Waals surface area contributed by atoms with Gasteiger partial charge in [-0.05, 0) is 49.8 Å². The van der Waals surface area contributed by atoms with Crippen molar-refractivity contribution in [3.8, 4) is 0 Å². The average molecular weight is 265 g/mol. The Hall–Kier alpha value is -1.76. The van der Waals surface area contributed by atoms with Crippen LogP contribution in [0.15, 0.2) is 65.9 Å². The molecule has 1 aromatic rings. The lowest BCUT2D eigenvalue weighted by Crippen LogP contribution is -2.31. The molecule has 1 aromatic carbocycles. The van der Waals surface area contributed by atoms with E-state index < -0.39 is 0 Å². The molecular formula is C19H23N. The molecule has 1 aliphatic heterocycles. The minimum absolute atomic E-state index is 0.736. The van der Waals surface area contributed by atoms with E-state index >= 15 is 0 Å². The second-order valence-corrected chi connectivity index (χ2v) is 5.88. The quantitative estimate of drug-likeness (QED) is 0.752. The lowest BCUT2D eigenvalue weighted by atomic mass is 9.89. The Balaban J connectivity index is 1.64. The highest BCUT2D eigenvalue weighted by Crippen LogP contribution is 2.30. The molecule has 1 aliphatic carbocycles. The number of allylic oxidation sites excluding steroid dienone is 5. The van der Waals surface area contributed by atoms with Crippen molar-refractivity contribution < 1.29 is 0 Å². The molecule has 0 amide bonds. The van der Waals surface area contributed by atoms with Crippen LogP contribution < -0.4 is 0 Å². The van der Waals surface area contributed by atoms with Crippen LogP contribution in [0.3, 0.4) is 0 Å². The van der Waals surface area contributed by atoms with E-state index in [9.17, 15) is 0 Å². The molecule has 0 N–H and O–H groups in total. The Morgan fingerprint density at radius 2 is 1.75 bits per heavy atom. The summed E-state index contributed by atoms with van der Waals surface area (Å²) in [6.45, 7) is 4.54. The van der Waals surface area contributed by atoms with E-state index in [4.69, 9.17) is 0 Å². The molecule has 1 heterocycles. The summed E-state index contributed by atoms with van der Waals surface area (Å²) in [7, 11) is 0. The van der Waals surface area contributed by atoms with Crippen molar-refractivity contribution in [2.45, 2.75) is 32.1 Å². The third-order valence-electron chi connectivity index (χ3n) is 4.40. The topological polar surface area (TPSA) is 3.24 Å². The molecule has 0 bridgehead atoms. The minimum Gasteiger partial charge on any atom is -0.372 e. The lowest BCUT2D eigenvalue weighted by Gasteiger charge is -2.34. The Bertz CT molecular complexity index is 528. The number of benzene rings is 1. The molecule has 0 radical (unpaired) electrons. The summed E-state index contributed by atoms with van der Waals surface area (Å²) < 4.78 is 0. The van der Waals surface area contributed by atoms with E-state index in [1.165, 1.54) is 42.8 Å². The standard InChI is InChI=1S/C19H23N/c1-16-6-5-9-19(11-10-16)20-14-12-18(13-15-20)17-7-3-2-4-8-17/h2-5,7-11,18H,6,12-15H2,1H3. The van der Waals surface area contributed by atoms with Gasteiger partial charge in [-0.2, -0.15) is 0 Å². The third-order valence-corrected chi connectivity index (χ3v) is 4.40. The predicted octanol–water partition coefficient (Wildman–Crippen LogP) is 4.66. The van der Waals surface area contributed by atoms with Crippen LogP contribution in [0.25, 0.3) is 0 Å². The van der Waals surface area contributed by atoms with Gasteiger partial charge in [-0.3, -0.25) is 0 Å². The van der Waals surface area contributed by atoms with Crippen LogP contribution in [0.4, 0.5) is 0 Å². The van der Waals surface area contributed by atoms with Gasteiger partial charge in [-0.1, -0.05) is 48.1 Å². The van der Waals surface area contributed by atoms with Gasteiger partial charge in [0.1, 0.15) is 0 Å². The zero-order valence-electron chi connectivity index (χ0n) is 12.3. The largest absolute Gasteiger partial charge is 0.372 e. The maximum Gasteiger partial charge on any atom is 0.0363 e. The van der Waals surface area contributed by atoms with Crippen molar-refractivity contribution in [2.75, 3.05) is 13.1 Å². The number of likely N-dealkylation sites (tertiary alicyclic amines) is 1. The summed E-state index contributed by atoms with van der Waals surface area (Å²) in [5.41, 5.74) is 4.33. The maximum absolute atomic E-state index is 2.53. The van der Waals surface area contributed by atoms with E-state index in [0.29, 0.717) is 0 Å². The first-order chi connectivity index (χ1) is 9.83. The van der Waals surface area contributed by atoms with Gasteiger partial charge in [0.05, 0.1) is 0 Å². The van der Waals surface area contributed by atoms with Crippen molar-refractivity contribution >= 4 is 0 Å². The highest BCUT2D eigenvalue weighted by atomic mass is 15.1. The second kappa shape index (κ2) is 6.13. The van der Waals surface area contributed by atoms with Crippen molar-refractivity contribution in [2.24, 2.45) is 0 Å². The maximum atomic E-state index is 2.53. The van der Waals surface area contributed by atoms with Crippen molar-refractivity contribution in [1.82, 2.24) is 4.90 Å². The first-order valence-electron chi connectivity index (χ1n) is 7.67. The first-order valence-corrected chi connectivity index (χ1v) is 7.67. The molecule has 2 aliphatic rings. The van der Waals surface area contributed by atoms with Gasteiger partial charge in [-0.25, -0.2) is 0 Å². The monoisotopic (exact) mass is 265 g/mol. The molecular weight excluding hydrogens is 242 g/mol.